The van der Waals surface area contributed by atoms with Gasteiger partial charge in [0.1, 0.15) is 17.3 Å². The summed E-state index contributed by atoms with van der Waals surface area (Å²) >= 11 is 0. The second kappa shape index (κ2) is 7.97. The van der Waals surface area contributed by atoms with Crippen molar-refractivity contribution in [1.82, 2.24) is 10.3 Å². The second-order valence-corrected chi connectivity index (χ2v) is 10.5. The van der Waals surface area contributed by atoms with Crippen LogP contribution in [0.3, 0.4) is 0 Å². The van der Waals surface area contributed by atoms with Crippen LogP contribution in [0.2, 0.25) is 0 Å². The number of hydrogen-bond acceptors (Lipinski definition) is 5. The van der Waals surface area contributed by atoms with Crippen LogP contribution in [0.25, 0.3) is 0 Å². The fourth-order valence-electron chi connectivity index (χ4n) is 7.01. The summed E-state index contributed by atoms with van der Waals surface area (Å²) < 4.78 is 13.2. The van der Waals surface area contributed by atoms with Crippen molar-refractivity contribution in [2.45, 2.75) is 43.7 Å². The van der Waals surface area contributed by atoms with E-state index in [9.17, 15) is 14.3 Å². The number of rotatable bonds is 4. The summed E-state index contributed by atoms with van der Waals surface area (Å²) in [6, 6.07) is 12.4. The maximum atomic E-state index is 13.2. The van der Waals surface area contributed by atoms with Crippen LogP contribution >= 0.6 is 0 Å². The van der Waals surface area contributed by atoms with Gasteiger partial charge >= 0.3 is 0 Å². The van der Waals surface area contributed by atoms with Crippen molar-refractivity contribution in [3.63, 3.8) is 0 Å². The molecule has 6 nitrogen and oxygen atoms in total. The Hall–Kier alpha value is -2.67. The highest BCUT2D eigenvalue weighted by molar-refractivity contribution is 5.93. The van der Waals surface area contributed by atoms with E-state index in [1.807, 2.05) is 24.3 Å². The number of aromatic nitrogens is 1. The average Bonchev–Trinajstić information content (AvgIpc) is 2.81. The zero-order valence-electron chi connectivity index (χ0n) is 18.8. The molecule has 174 valence electrons. The number of benzene rings is 1. The monoisotopic (exact) mass is 450 g/mol. The third-order valence-electron chi connectivity index (χ3n) is 8.30. The van der Waals surface area contributed by atoms with Gasteiger partial charge in [0.25, 0.3) is 5.91 Å². The van der Waals surface area contributed by atoms with Crippen molar-refractivity contribution >= 4 is 17.4 Å². The number of hydrogen-bond donors (Lipinski definition) is 2. The van der Waals surface area contributed by atoms with E-state index in [4.69, 9.17) is 4.98 Å². The minimum absolute atomic E-state index is 0.105. The molecule has 4 bridgehead atoms. The number of amides is 1. The van der Waals surface area contributed by atoms with Gasteiger partial charge < -0.3 is 20.2 Å². The molecule has 4 saturated carbocycles. The first-order valence-corrected chi connectivity index (χ1v) is 12.2. The van der Waals surface area contributed by atoms with Crippen LogP contribution in [0.15, 0.2) is 42.5 Å². The topological polar surface area (TPSA) is 68.7 Å². The van der Waals surface area contributed by atoms with Crippen LogP contribution in [0.1, 0.15) is 42.6 Å². The summed E-state index contributed by atoms with van der Waals surface area (Å²) in [5, 5.41) is 14.1. The van der Waals surface area contributed by atoms with Gasteiger partial charge in [-0.1, -0.05) is 6.07 Å². The van der Waals surface area contributed by atoms with E-state index in [1.54, 1.807) is 6.07 Å². The van der Waals surface area contributed by atoms with Crippen LogP contribution in [-0.2, 0) is 0 Å². The van der Waals surface area contributed by atoms with E-state index < -0.39 is 5.60 Å². The second-order valence-electron chi connectivity index (χ2n) is 10.5. The molecule has 2 aromatic rings. The highest BCUT2D eigenvalue weighted by atomic mass is 19.1. The summed E-state index contributed by atoms with van der Waals surface area (Å²) in [6.45, 7) is 3.23. The number of carbonyl (C=O) groups is 1. The van der Waals surface area contributed by atoms with Crippen LogP contribution in [0.5, 0.6) is 0 Å². The van der Waals surface area contributed by atoms with Gasteiger partial charge in [0, 0.05) is 37.9 Å². The lowest BCUT2D eigenvalue weighted by atomic mass is 9.52. The number of aliphatic hydroxyl groups is 1. The van der Waals surface area contributed by atoms with Gasteiger partial charge in [0.15, 0.2) is 0 Å². The molecule has 2 unspecified atom stereocenters. The number of nitrogens with one attached hydrogen (secondary N) is 1. The van der Waals surface area contributed by atoms with E-state index in [0.717, 1.165) is 69.8 Å². The maximum Gasteiger partial charge on any atom is 0.270 e. The summed E-state index contributed by atoms with van der Waals surface area (Å²) in [5.74, 6) is 1.88. The predicted octanol–water partition coefficient (Wildman–Crippen LogP) is 3.22. The summed E-state index contributed by atoms with van der Waals surface area (Å²) in [5.41, 5.74) is 0.991. The predicted molar refractivity (Wildman–Crippen MR) is 125 cm³/mol. The lowest BCUT2D eigenvalue weighted by molar-refractivity contribution is -0.136. The molecule has 1 amide bonds. The Labute approximate surface area is 193 Å². The van der Waals surface area contributed by atoms with Crippen LogP contribution in [0.4, 0.5) is 15.9 Å². The maximum absolute atomic E-state index is 13.2. The number of anilines is 2. The zero-order chi connectivity index (χ0) is 22.6. The van der Waals surface area contributed by atoms with Gasteiger partial charge in [0.2, 0.25) is 0 Å². The number of pyridine rings is 1. The smallest absolute Gasteiger partial charge is 0.270 e. The highest BCUT2D eigenvalue weighted by Crippen LogP contribution is 2.55. The molecule has 1 saturated heterocycles. The van der Waals surface area contributed by atoms with Gasteiger partial charge in [-0.3, -0.25) is 4.79 Å². The number of piperazine rings is 1. The Morgan fingerprint density at radius 3 is 2.30 bits per heavy atom. The van der Waals surface area contributed by atoms with E-state index in [1.165, 1.54) is 12.1 Å². The molecular weight excluding hydrogens is 419 g/mol. The molecule has 7 heteroatoms. The third-order valence-corrected chi connectivity index (χ3v) is 8.30. The summed E-state index contributed by atoms with van der Waals surface area (Å²) in [6.07, 6.45) is 4.82. The Bertz CT molecular complexity index is 1020. The highest BCUT2D eigenvalue weighted by Gasteiger charge is 2.55. The molecular formula is C26H31FN4O2. The van der Waals surface area contributed by atoms with Crippen LogP contribution < -0.4 is 15.1 Å². The van der Waals surface area contributed by atoms with Crippen LogP contribution in [-0.4, -0.2) is 53.8 Å². The minimum Gasteiger partial charge on any atom is -0.390 e. The first-order chi connectivity index (χ1) is 16.0. The van der Waals surface area contributed by atoms with Gasteiger partial charge in [-0.15, -0.1) is 0 Å². The van der Waals surface area contributed by atoms with Crippen molar-refractivity contribution in [3.8, 4) is 0 Å². The van der Waals surface area contributed by atoms with E-state index in [-0.39, 0.29) is 17.8 Å². The zero-order valence-corrected chi connectivity index (χ0v) is 18.8. The lowest BCUT2D eigenvalue weighted by Crippen LogP contribution is -2.61. The molecule has 2 heterocycles. The van der Waals surface area contributed by atoms with Crippen molar-refractivity contribution < 1.29 is 14.3 Å². The molecule has 1 aliphatic heterocycles. The number of carbonyl (C=O) groups excluding carboxylic acids is 1. The fraction of sp³-hybridized carbons (Fsp3) is 0.538. The fourth-order valence-corrected chi connectivity index (χ4v) is 7.01. The Kier molecular flexibility index (Phi) is 5.05. The third kappa shape index (κ3) is 3.97. The number of halogens is 1. The van der Waals surface area contributed by atoms with Crippen molar-refractivity contribution in [3.05, 3.63) is 54.0 Å². The molecule has 0 radical (unpaired) electrons. The first kappa shape index (κ1) is 20.9. The summed E-state index contributed by atoms with van der Waals surface area (Å²) in [7, 11) is 0. The van der Waals surface area contributed by atoms with Crippen molar-refractivity contribution in [2.75, 3.05) is 36.0 Å². The molecule has 1 aromatic heterocycles. The molecule has 1 aromatic carbocycles. The molecule has 0 spiro atoms. The normalized spacial score (nSPS) is 32.8. The molecule has 2 N–H and O–H groups in total. The van der Waals surface area contributed by atoms with Gasteiger partial charge in [-0.05, 0) is 86.3 Å². The largest absolute Gasteiger partial charge is 0.390 e. The SMILES string of the molecule is O=C(NC1C2CC3CC1CC(O)(C3)C2)c1cccc(N2CCN(c3ccc(F)cc3)CC2)n1. The van der Waals surface area contributed by atoms with Crippen LogP contribution in [0, 0.1) is 23.6 Å². The Morgan fingerprint density at radius 2 is 1.64 bits per heavy atom. The Balaban J connectivity index is 1.10. The molecule has 5 fully saturated rings. The lowest BCUT2D eigenvalue weighted by Gasteiger charge is -2.58. The molecule has 4 aliphatic carbocycles. The van der Waals surface area contributed by atoms with E-state index in [2.05, 4.69) is 15.1 Å². The van der Waals surface area contributed by atoms with Gasteiger partial charge in [-0.2, -0.15) is 0 Å². The summed E-state index contributed by atoms with van der Waals surface area (Å²) in [4.78, 5) is 22.3. The Morgan fingerprint density at radius 1 is 0.970 bits per heavy atom. The average molecular weight is 451 g/mol. The van der Waals surface area contributed by atoms with Crippen molar-refractivity contribution in [2.24, 2.45) is 17.8 Å². The molecule has 33 heavy (non-hydrogen) atoms. The standard InChI is InChI=1S/C26H31FN4O2/c27-20-4-6-21(7-5-20)30-8-10-31(11-9-30)23-3-1-2-22(28-23)25(32)29-24-18-12-17-13-19(24)16-26(33,14-17)15-18/h1-7,17-19,24,33H,8-16H2,(H,29,32). The van der Waals surface area contributed by atoms with E-state index in [0.29, 0.717) is 23.4 Å². The van der Waals surface area contributed by atoms with Crippen molar-refractivity contribution in [1.29, 1.82) is 0 Å². The first-order valence-electron chi connectivity index (χ1n) is 12.2. The number of nitrogens with zero attached hydrogens (tertiary/aromatic N) is 3. The van der Waals surface area contributed by atoms with Gasteiger partial charge in [-0.25, -0.2) is 9.37 Å². The molecule has 5 aliphatic rings. The molecule has 2 atom stereocenters. The minimum atomic E-state index is -0.494. The van der Waals surface area contributed by atoms with E-state index >= 15 is 0 Å². The molecule has 7 rings (SSSR count). The quantitative estimate of drug-likeness (QED) is 0.749. The van der Waals surface area contributed by atoms with Gasteiger partial charge in [0.05, 0.1) is 5.60 Å².